The maximum absolute atomic E-state index is 12.8. The van der Waals surface area contributed by atoms with E-state index in [-0.39, 0.29) is 0 Å². The molecule has 0 N–H and O–H groups in total. The standard InChI is InChI=1S/C27H26FNO/c1-3-19-30-26-16-14-24(15-17-26)23-10-12-25(13-11-23)27-18-9-22(20-29-27)8-6-4-5-7-21(2)28/h3,9-18,20-21H,1,4-5,7,19H2,2H3. The second-order valence-electron chi connectivity index (χ2n) is 7.11. The Morgan fingerprint density at radius 1 is 1.00 bits per heavy atom. The van der Waals surface area contributed by atoms with Gasteiger partial charge in [-0.2, -0.15) is 0 Å². The molecule has 0 aliphatic carbocycles. The van der Waals surface area contributed by atoms with Crippen LogP contribution in [0.15, 0.2) is 79.5 Å². The molecule has 30 heavy (non-hydrogen) atoms. The van der Waals surface area contributed by atoms with Crippen LogP contribution in [0.4, 0.5) is 4.39 Å². The predicted octanol–water partition coefficient (Wildman–Crippen LogP) is 6.86. The first-order chi connectivity index (χ1) is 14.7. The maximum Gasteiger partial charge on any atom is 0.119 e. The van der Waals surface area contributed by atoms with Crippen molar-refractivity contribution in [3.05, 3.63) is 85.1 Å². The number of hydrogen-bond donors (Lipinski definition) is 0. The van der Waals surface area contributed by atoms with Crippen molar-refractivity contribution in [1.82, 2.24) is 4.98 Å². The molecule has 1 heterocycles. The summed E-state index contributed by atoms with van der Waals surface area (Å²) in [5.74, 6) is 7.01. The van der Waals surface area contributed by atoms with E-state index < -0.39 is 6.17 Å². The van der Waals surface area contributed by atoms with Gasteiger partial charge in [0.15, 0.2) is 0 Å². The minimum Gasteiger partial charge on any atom is -0.490 e. The first-order valence-corrected chi connectivity index (χ1v) is 10.2. The van der Waals surface area contributed by atoms with E-state index in [0.29, 0.717) is 19.4 Å². The van der Waals surface area contributed by atoms with Crippen LogP contribution in [-0.4, -0.2) is 17.8 Å². The summed E-state index contributed by atoms with van der Waals surface area (Å²) in [4.78, 5) is 4.53. The summed E-state index contributed by atoms with van der Waals surface area (Å²) in [5.41, 5.74) is 5.11. The van der Waals surface area contributed by atoms with Crippen LogP contribution in [0, 0.1) is 11.8 Å². The van der Waals surface area contributed by atoms with Crippen LogP contribution in [0.1, 0.15) is 31.7 Å². The Balaban J connectivity index is 1.62. The molecule has 1 unspecified atom stereocenters. The van der Waals surface area contributed by atoms with Gasteiger partial charge >= 0.3 is 0 Å². The fourth-order valence-electron chi connectivity index (χ4n) is 3.01. The summed E-state index contributed by atoms with van der Waals surface area (Å²) in [6.45, 7) is 5.74. The molecular formula is C27H26FNO. The Bertz CT molecular complexity index is 994. The highest BCUT2D eigenvalue weighted by Gasteiger charge is 2.02. The monoisotopic (exact) mass is 399 g/mol. The third-order valence-electron chi connectivity index (χ3n) is 4.64. The zero-order chi connectivity index (χ0) is 21.2. The van der Waals surface area contributed by atoms with Crippen LogP contribution < -0.4 is 4.74 Å². The van der Waals surface area contributed by atoms with Gasteiger partial charge in [-0.05, 0) is 55.2 Å². The van der Waals surface area contributed by atoms with Crippen molar-refractivity contribution in [3.63, 3.8) is 0 Å². The van der Waals surface area contributed by atoms with E-state index in [4.69, 9.17) is 4.74 Å². The maximum atomic E-state index is 12.8. The third kappa shape index (κ3) is 6.32. The van der Waals surface area contributed by atoms with Crippen LogP contribution in [0.2, 0.25) is 0 Å². The molecule has 3 aromatic rings. The molecule has 3 rings (SSSR count). The molecule has 2 nitrogen and oxygen atoms in total. The molecule has 152 valence electrons. The molecule has 1 aromatic heterocycles. The number of nitrogens with zero attached hydrogens (tertiary/aromatic N) is 1. The fourth-order valence-corrected chi connectivity index (χ4v) is 3.01. The summed E-state index contributed by atoms with van der Waals surface area (Å²) in [6, 6.07) is 20.3. The van der Waals surface area contributed by atoms with Gasteiger partial charge in [0, 0.05) is 23.7 Å². The number of aromatic nitrogens is 1. The molecular weight excluding hydrogens is 373 g/mol. The average molecular weight is 400 g/mol. The largest absolute Gasteiger partial charge is 0.490 e. The number of halogens is 1. The lowest BCUT2D eigenvalue weighted by molar-refractivity contribution is 0.336. The van der Waals surface area contributed by atoms with Gasteiger partial charge in [0.25, 0.3) is 0 Å². The number of rotatable bonds is 8. The van der Waals surface area contributed by atoms with Gasteiger partial charge in [-0.1, -0.05) is 60.9 Å². The van der Waals surface area contributed by atoms with Crippen molar-refractivity contribution in [1.29, 1.82) is 0 Å². The third-order valence-corrected chi connectivity index (χ3v) is 4.64. The molecule has 0 saturated carbocycles. The van der Waals surface area contributed by atoms with Gasteiger partial charge < -0.3 is 4.74 Å². The predicted molar refractivity (Wildman–Crippen MR) is 122 cm³/mol. The Morgan fingerprint density at radius 3 is 2.27 bits per heavy atom. The minimum atomic E-state index is -0.755. The first kappa shape index (κ1) is 21.3. The van der Waals surface area contributed by atoms with Crippen LogP contribution in [0.5, 0.6) is 5.75 Å². The zero-order valence-electron chi connectivity index (χ0n) is 17.3. The molecule has 0 amide bonds. The van der Waals surface area contributed by atoms with E-state index in [1.54, 1.807) is 19.2 Å². The van der Waals surface area contributed by atoms with Crippen LogP contribution in [-0.2, 0) is 0 Å². The van der Waals surface area contributed by atoms with Gasteiger partial charge in [0.1, 0.15) is 12.4 Å². The summed E-state index contributed by atoms with van der Waals surface area (Å²) in [6.07, 6.45) is 4.82. The minimum absolute atomic E-state index is 0.504. The Kier molecular flexibility index (Phi) is 7.80. The SMILES string of the molecule is C=CCOc1ccc(-c2ccc(-c3ccc(C#CCCCC(C)F)cn3)cc2)cc1. The quantitative estimate of drug-likeness (QED) is 0.234. The van der Waals surface area contributed by atoms with E-state index in [2.05, 4.69) is 47.7 Å². The molecule has 1 atom stereocenters. The molecule has 0 radical (unpaired) electrons. The molecule has 0 spiro atoms. The van der Waals surface area contributed by atoms with E-state index >= 15 is 0 Å². The molecule has 0 saturated heterocycles. The molecule has 0 bridgehead atoms. The Hall–Kier alpha value is -3.38. The van der Waals surface area contributed by atoms with Crippen molar-refractivity contribution >= 4 is 0 Å². The topological polar surface area (TPSA) is 22.1 Å². The number of alkyl halides is 1. The van der Waals surface area contributed by atoms with Crippen LogP contribution in [0.3, 0.4) is 0 Å². The highest BCUT2D eigenvalue weighted by atomic mass is 19.1. The summed E-state index contributed by atoms with van der Waals surface area (Å²) in [5, 5.41) is 0. The lowest BCUT2D eigenvalue weighted by Gasteiger charge is -2.07. The Labute approximate surface area is 178 Å². The van der Waals surface area contributed by atoms with E-state index in [1.807, 2.05) is 36.4 Å². The lowest BCUT2D eigenvalue weighted by Crippen LogP contribution is -1.92. The fraction of sp³-hybridized carbons (Fsp3) is 0.222. The highest BCUT2D eigenvalue weighted by molar-refractivity contribution is 5.69. The number of benzene rings is 2. The van der Waals surface area contributed by atoms with Gasteiger partial charge in [-0.15, -0.1) is 0 Å². The van der Waals surface area contributed by atoms with E-state index in [9.17, 15) is 4.39 Å². The highest BCUT2D eigenvalue weighted by Crippen LogP contribution is 2.25. The van der Waals surface area contributed by atoms with Gasteiger partial charge in [-0.25, -0.2) is 4.39 Å². The summed E-state index contributed by atoms with van der Waals surface area (Å²) in [7, 11) is 0. The van der Waals surface area contributed by atoms with Gasteiger partial charge in [0.2, 0.25) is 0 Å². The molecule has 0 aliphatic rings. The van der Waals surface area contributed by atoms with Gasteiger partial charge in [0.05, 0.1) is 11.9 Å². The van der Waals surface area contributed by atoms with Crippen molar-refractivity contribution in [2.75, 3.05) is 6.61 Å². The smallest absolute Gasteiger partial charge is 0.119 e. The second kappa shape index (κ2) is 11.0. The molecule has 2 aromatic carbocycles. The van der Waals surface area contributed by atoms with E-state index in [0.717, 1.165) is 40.1 Å². The van der Waals surface area contributed by atoms with Gasteiger partial charge in [-0.3, -0.25) is 4.98 Å². The first-order valence-electron chi connectivity index (χ1n) is 10.2. The van der Waals surface area contributed by atoms with Crippen molar-refractivity contribution < 1.29 is 9.13 Å². The summed E-state index contributed by atoms with van der Waals surface area (Å²) < 4.78 is 18.3. The lowest BCUT2D eigenvalue weighted by atomic mass is 10.0. The number of unbranched alkanes of at least 4 members (excludes halogenated alkanes) is 1. The summed E-state index contributed by atoms with van der Waals surface area (Å²) >= 11 is 0. The van der Waals surface area contributed by atoms with E-state index in [1.165, 1.54) is 0 Å². The molecule has 0 aliphatic heterocycles. The van der Waals surface area contributed by atoms with Crippen molar-refractivity contribution in [3.8, 4) is 40.0 Å². The molecule has 0 fully saturated rings. The average Bonchev–Trinajstić information content (AvgIpc) is 2.78. The normalized spacial score (nSPS) is 11.3. The molecule has 3 heteroatoms. The number of pyridine rings is 1. The van der Waals surface area contributed by atoms with Crippen LogP contribution in [0.25, 0.3) is 22.4 Å². The second-order valence-corrected chi connectivity index (χ2v) is 7.11. The van der Waals surface area contributed by atoms with Crippen molar-refractivity contribution in [2.45, 2.75) is 32.4 Å². The number of hydrogen-bond acceptors (Lipinski definition) is 2. The van der Waals surface area contributed by atoms with Crippen LogP contribution >= 0.6 is 0 Å². The Morgan fingerprint density at radius 2 is 1.67 bits per heavy atom. The number of ether oxygens (including phenoxy) is 1. The van der Waals surface area contributed by atoms with Crippen molar-refractivity contribution in [2.24, 2.45) is 0 Å². The zero-order valence-corrected chi connectivity index (χ0v) is 17.3.